The largest absolute Gasteiger partial charge is 0.504 e. The Balaban J connectivity index is 2.86. The van der Waals surface area contributed by atoms with Crippen molar-refractivity contribution in [3.05, 3.63) is 32.9 Å². The zero-order chi connectivity index (χ0) is 11.0. The van der Waals surface area contributed by atoms with Crippen LogP contribution in [0.2, 0.25) is 5.02 Å². The Bertz CT molecular complexity index is 525. The predicted octanol–water partition coefficient (Wildman–Crippen LogP) is 3.81. The van der Waals surface area contributed by atoms with E-state index in [0.717, 1.165) is 14.3 Å². The van der Waals surface area contributed by atoms with E-state index in [9.17, 15) is 5.11 Å². The molecule has 0 aliphatic rings. The Morgan fingerprint density at radius 1 is 1.33 bits per heavy atom. The fraction of sp³-hybridized carbons (Fsp3) is 0.0909. The van der Waals surface area contributed by atoms with Crippen LogP contribution < -0.4 is 4.74 Å². The summed E-state index contributed by atoms with van der Waals surface area (Å²) in [6, 6.07) is 7.56. The van der Waals surface area contributed by atoms with Crippen LogP contribution in [0.15, 0.2) is 24.3 Å². The number of phenolic OH excluding ortho intramolecular Hbond substituents is 1. The van der Waals surface area contributed by atoms with Crippen LogP contribution in [0.4, 0.5) is 0 Å². The molecule has 0 aromatic heterocycles. The van der Waals surface area contributed by atoms with Gasteiger partial charge in [0.25, 0.3) is 0 Å². The lowest BCUT2D eigenvalue weighted by Gasteiger charge is -2.09. The third kappa shape index (κ3) is 1.86. The van der Waals surface area contributed by atoms with Gasteiger partial charge < -0.3 is 9.84 Å². The molecule has 0 spiro atoms. The van der Waals surface area contributed by atoms with Gasteiger partial charge in [0.2, 0.25) is 0 Å². The van der Waals surface area contributed by atoms with Crippen LogP contribution in [-0.4, -0.2) is 12.2 Å². The molecule has 0 atom stereocenters. The minimum atomic E-state index is 0.0958. The predicted molar refractivity (Wildman–Crippen MR) is 69.9 cm³/mol. The molecule has 2 aromatic rings. The topological polar surface area (TPSA) is 29.5 Å². The molecule has 1 N–H and O–H groups in total. The molecule has 2 rings (SSSR count). The Morgan fingerprint density at radius 3 is 2.73 bits per heavy atom. The summed E-state index contributed by atoms with van der Waals surface area (Å²) in [6.45, 7) is 0. The average Bonchev–Trinajstić information content (AvgIpc) is 2.20. The van der Waals surface area contributed by atoms with Crippen molar-refractivity contribution in [3.63, 3.8) is 0 Å². The summed E-state index contributed by atoms with van der Waals surface area (Å²) in [7, 11) is 1.49. The van der Waals surface area contributed by atoms with Gasteiger partial charge in [-0.15, -0.1) is 0 Å². The molecule has 0 aliphatic carbocycles. The monoisotopic (exact) mass is 334 g/mol. The van der Waals surface area contributed by atoms with Gasteiger partial charge in [0, 0.05) is 8.96 Å². The Labute approximate surface area is 106 Å². The highest BCUT2D eigenvalue weighted by molar-refractivity contribution is 14.1. The molecule has 2 nitrogen and oxygen atoms in total. The molecular weight excluding hydrogens is 326 g/mol. The van der Waals surface area contributed by atoms with Crippen LogP contribution in [-0.2, 0) is 0 Å². The normalized spacial score (nSPS) is 10.6. The first-order valence-electron chi connectivity index (χ1n) is 4.28. The van der Waals surface area contributed by atoms with Crippen LogP contribution in [0.5, 0.6) is 11.5 Å². The van der Waals surface area contributed by atoms with Crippen molar-refractivity contribution in [3.8, 4) is 11.5 Å². The van der Waals surface area contributed by atoms with Crippen molar-refractivity contribution in [1.82, 2.24) is 0 Å². The molecule has 0 amide bonds. The van der Waals surface area contributed by atoms with Crippen LogP contribution >= 0.6 is 34.2 Å². The van der Waals surface area contributed by atoms with Gasteiger partial charge in [-0.1, -0.05) is 17.7 Å². The quantitative estimate of drug-likeness (QED) is 0.804. The van der Waals surface area contributed by atoms with Gasteiger partial charge in [-0.25, -0.2) is 0 Å². The van der Waals surface area contributed by atoms with Crippen LogP contribution in [0.25, 0.3) is 10.8 Å². The van der Waals surface area contributed by atoms with Crippen molar-refractivity contribution < 1.29 is 9.84 Å². The Morgan fingerprint density at radius 2 is 2.07 bits per heavy atom. The molecular formula is C11H8ClIO2. The van der Waals surface area contributed by atoms with Crippen LogP contribution in [0.3, 0.4) is 0 Å². The summed E-state index contributed by atoms with van der Waals surface area (Å²) in [5.41, 5.74) is 0. The zero-order valence-electron chi connectivity index (χ0n) is 7.92. The van der Waals surface area contributed by atoms with Gasteiger partial charge in [0.1, 0.15) is 0 Å². The van der Waals surface area contributed by atoms with Gasteiger partial charge in [0.05, 0.1) is 12.1 Å². The molecule has 4 heteroatoms. The van der Waals surface area contributed by atoms with E-state index in [4.69, 9.17) is 16.3 Å². The van der Waals surface area contributed by atoms with Crippen molar-refractivity contribution in [2.45, 2.75) is 0 Å². The summed E-state index contributed by atoms with van der Waals surface area (Å²) < 4.78 is 6.09. The number of ether oxygens (including phenoxy) is 1. The Hall–Kier alpha value is -0.680. The zero-order valence-corrected chi connectivity index (χ0v) is 10.8. The first kappa shape index (κ1) is 10.8. The molecule has 0 saturated heterocycles. The van der Waals surface area contributed by atoms with Crippen molar-refractivity contribution in [2.24, 2.45) is 0 Å². The van der Waals surface area contributed by atoms with Crippen molar-refractivity contribution in [1.29, 1.82) is 0 Å². The van der Waals surface area contributed by atoms with Gasteiger partial charge in [-0.2, -0.15) is 0 Å². The van der Waals surface area contributed by atoms with Crippen LogP contribution in [0, 0.1) is 3.57 Å². The number of benzene rings is 2. The minimum absolute atomic E-state index is 0.0958. The third-order valence-corrected chi connectivity index (χ3v) is 3.14. The standard InChI is InChI=1S/C11H8ClIO2/c1-15-11-9(12)4-6-2-3-7(13)5-8(6)10(11)14/h2-5,14H,1H3. The lowest BCUT2D eigenvalue weighted by molar-refractivity contribution is 0.377. The van der Waals surface area contributed by atoms with E-state index in [-0.39, 0.29) is 5.75 Å². The van der Waals surface area contributed by atoms with Gasteiger partial charge >= 0.3 is 0 Å². The van der Waals surface area contributed by atoms with Gasteiger partial charge in [-0.3, -0.25) is 0 Å². The molecule has 0 saturated carbocycles. The summed E-state index contributed by atoms with van der Waals surface area (Å²) in [6.07, 6.45) is 0. The van der Waals surface area contributed by atoms with E-state index in [0.29, 0.717) is 10.8 Å². The number of halogens is 2. The van der Waals surface area contributed by atoms with E-state index in [1.807, 2.05) is 18.2 Å². The average molecular weight is 335 g/mol. The van der Waals surface area contributed by atoms with E-state index in [1.54, 1.807) is 6.07 Å². The SMILES string of the molecule is COc1c(Cl)cc2ccc(I)cc2c1O. The molecule has 0 unspecified atom stereocenters. The van der Waals surface area contributed by atoms with E-state index in [2.05, 4.69) is 22.6 Å². The summed E-state index contributed by atoms with van der Waals surface area (Å²) in [5, 5.41) is 12.0. The summed E-state index contributed by atoms with van der Waals surface area (Å²) in [5.74, 6) is 0.421. The molecule has 0 heterocycles. The van der Waals surface area contributed by atoms with Crippen LogP contribution in [0.1, 0.15) is 0 Å². The second-order valence-electron chi connectivity index (χ2n) is 3.11. The lowest BCUT2D eigenvalue weighted by atomic mass is 10.1. The molecule has 0 fully saturated rings. The highest BCUT2D eigenvalue weighted by atomic mass is 127. The second kappa shape index (κ2) is 4.06. The molecule has 0 radical (unpaired) electrons. The number of aromatic hydroxyl groups is 1. The van der Waals surface area contributed by atoms with Gasteiger partial charge in [0.15, 0.2) is 11.5 Å². The van der Waals surface area contributed by atoms with E-state index >= 15 is 0 Å². The Kier molecular flexibility index (Phi) is 2.93. The maximum Gasteiger partial charge on any atom is 0.179 e. The summed E-state index contributed by atoms with van der Waals surface area (Å²) >= 11 is 8.15. The van der Waals surface area contributed by atoms with Crippen molar-refractivity contribution in [2.75, 3.05) is 7.11 Å². The second-order valence-corrected chi connectivity index (χ2v) is 4.76. The molecule has 15 heavy (non-hydrogen) atoms. The lowest BCUT2D eigenvalue weighted by Crippen LogP contribution is -1.87. The number of phenols is 1. The summed E-state index contributed by atoms with van der Waals surface area (Å²) in [4.78, 5) is 0. The number of rotatable bonds is 1. The molecule has 0 aliphatic heterocycles. The fourth-order valence-electron chi connectivity index (χ4n) is 1.49. The first-order chi connectivity index (χ1) is 7.13. The number of hydrogen-bond acceptors (Lipinski definition) is 2. The van der Waals surface area contributed by atoms with E-state index in [1.165, 1.54) is 7.11 Å². The highest BCUT2D eigenvalue weighted by Gasteiger charge is 2.11. The number of fused-ring (bicyclic) bond motifs is 1. The third-order valence-electron chi connectivity index (χ3n) is 2.19. The maximum absolute atomic E-state index is 9.94. The molecule has 0 bridgehead atoms. The minimum Gasteiger partial charge on any atom is -0.504 e. The number of methoxy groups -OCH3 is 1. The van der Waals surface area contributed by atoms with Crippen molar-refractivity contribution >= 4 is 45.0 Å². The number of hydrogen-bond donors (Lipinski definition) is 1. The highest BCUT2D eigenvalue weighted by Crippen LogP contribution is 2.40. The molecule has 78 valence electrons. The first-order valence-corrected chi connectivity index (χ1v) is 5.74. The maximum atomic E-state index is 9.94. The smallest absolute Gasteiger partial charge is 0.179 e. The fourth-order valence-corrected chi connectivity index (χ4v) is 2.27. The van der Waals surface area contributed by atoms with Gasteiger partial charge in [-0.05, 0) is 46.2 Å². The van der Waals surface area contributed by atoms with E-state index < -0.39 is 0 Å². The molecule has 2 aromatic carbocycles.